The van der Waals surface area contributed by atoms with E-state index in [1.165, 1.54) is 13.8 Å². The van der Waals surface area contributed by atoms with Crippen LogP contribution in [-0.4, -0.2) is 59.2 Å². The molecule has 10 heteroatoms. The molecule has 1 aliphatic rings. The van der Waals surface area contributed by atoms with Crippen molar-refractivity contribution in [2.24, 2.45) is 5.11 Å². The number of azide groups is 1. The molecule has 20 heavy (non-hydrogen) atoms. The minimum absolute atomic E-state index is 0.178. The van der Waals surface area contributed by atoms with E-state index in [4.69, 9.17) is 10.3 Å². The van der Waals surface area contributed by atoms with E-state index in [1.807, 2.05) is 0 Å². The molecular weight excluding hydrogens is 270 g/mol. The van der Waals surface area contributed by atoms with Crippen molar-refractivity contribution in [3.8, 4) is 0 Å². The average Bonchev–Trinajstić information content (AvgIpc) is 2.35. The Bertz CT molecular complexity index is 424. The third-order valence-corrected chi connectivity index (χ3v) is 2.82. The molecule has 5 atom stereocenters. The van der Waals surface area contributed by atoms with Crippen LogP contribution in [-0.2, 0) is 14.3 Å². The van der Waals surface area contributed by atoms with Crippen LogP contribution in [0, 0.1) is 0 Å². The van der Waals surface area contributed by atoms with Crippen LogP contribution in [0.15, 0.2) is 5.11 Å². The molecule has 1 heterocycles. The molecule has 2 unspecified atom stereocenters. The number of nitrogens with one attached hydrogen (secondary N) is 2. The lowest BCUT2D eigenvalue weighted by atomic mass is 9.94. The minimum Gasteiger partial charge on any atom is -0.389 e. The first-order valence-corrected chi connectivity index (χ1v) is 5.93. The van der Waals surface area contributed by atoms with Crippen LogP contribution in [0.1, 0.15) is 13.8 Å². The summed E-state index contributed by atoms with van der Waals surface area (Å²) in [5.74, 6) is -0.895. The fraction of sp³-hybridized carbons (Fsp3) is 0.800. The van der Waals surface area contributed by atoms with Gasteiger partial charge in [0.25, 0.3) is 0 Å². The zero-order valence-electron chi connectivity index (χ0n) is 11.1. The summed E-state index contributed by atoms with van der Waals surface area (Å²) in [6.07, 6.45) is -3.66. The first kappa shape index (κ1) is 16.2. The number of hydrogen-bond donors (Lipinski definition) is 4. The Labute approximate surface area is 114 Å². The number of aliphatic hydroxyl groups excluding tert-OH is 2. The Morgan fingerprint density at radius 1 is 1.25 bits per heavy atom. The van der Waals surface area contributed by atoms with Crippen LogP contribution >= 0.6 is 0 Å². The summed E-state index contributed by atoms with van der Waals surface area (Å²) in [6.45, 7) is 2.29. The van der Waals surface area contributed by atoms with E-state index in [-0.39, 0.29) is 6.54 Å². The topological polar surface area (TPSA) is 157 Å². The Morgan fingerprint density at radius 3 is 2.30 bits per heavy atom. The number of aliphatic hydroxyl groups is 2. The maximum atomic E-state index is 11.2. The van der Waals surface area contributed by atoms with Crippen molar-refractivity contribution >= 4 is 11.8 Å². The van der Waals surface area contributed by atoms with E-state index in [2.05, 4.69) is 20.7 Å². The number of rotatable bonds is 4. The van der Waals surface area contributed by atoms with E-state index in [9.17, 15) is 19.8 Å². The van der Waals surface area contributed by atoms with E-state index >= 15 is 0 Å². The summed E-state index contributed by atoms with van der Waals surface area (Å²) in [5.41, 5.74) is 8.30. The zero-order valence-corrected chi connectivity index (χ0v) is 11.1. The van der Waals surface area contributed by atoms with Crippen molar-refractivity contribution in [1.29, 1.82) is 0 Å². The van der Waals surface area contributed by atoms with Gasteiger partial charge < -0.3 is 25.6 Å². The van der Waals surface area contributed by atoms with Crippen LogP contribution in [0.4, 0.5) is 0 Å². The minimum atomic E-state index is -1.47. The second-order valence-electron chi connectivity index (χ2n) is 4.42. The highest BCUT2D eigenvalue weighted by atomic mass is 16.6. The Morgan fingerprint density at radius 2 is 1.80 bits per heavy atom. The molecule has 0 aromatic rings. The van der Waals surface area contributed by atoms with Gasteiger partial charge in [0.15, 0.2) is 6.29 Å². The predicted molar refractivity (Wildman–Crippen MR) is 66.1 cm³/mol. The Balaban J connectivity index is 2.91. The first-order chi connectivity index (χ1) is 9.36. The van der Waals surface area contributed by atoms with Crippen LogP contribution in [0.2, 0.25) is 0 Å². The number of hydrogen-bond acceptors (Lipinski definition) is 6. The summed E-state index contributed by atoms with van der Waals surface area (Å²) >= 11 is 0. The Kier molecular flexibility index (Phi) is 5.71. The van der Waals surface area contributed by atoms with Crippen molar-refractivity contribution in [2.75, 3.05) is 6.54 Å². The molecule has 1 aliphatic heterocycles. The second kappa shape index (κ2) is 7.06. The molecule has 0 saturated carbocycles. The quantitative estimate of drug-likeness (QED) is 0.278. The molecule has 0 spiro atoms. The molecule has 0 aromatic heterocycles. The van der Waals surface area contributed by atoms with Gasteiger partial charge in [0.1, 0.15) is 12.1 Å². The van der Waals surface area contributed by atoms with Gasteiger partial charge in [0, 0.05) is 18.8 Å². The third kappa shape index (κ3) is 4.07. The van der Waals surface area contributed by atoms with Crippen molar-refractivity contribution in [3.63, 3.8) is 0 Å². The maximum absolute atomic E-state index is 11.2. The fourth-order valence-electron chi connectivity index (χ4n) is 2.04. The second-order valence-corrected chi connectivity index (χ2v) is 4.42. The number of nitrogens with zero attached hydrogens (tertiary/aromatic N) is 3. The number of carbonyl (C=O) groups excluding carboxylic acids is 2. The molecule has 0 radical (unpaired) electrons. The molecule has 0 bridgehead atoms. The molecule has 1 rings (SSSR count). The van der Waals surface area contributed by atoms with Crippen molar-refractivity contribution < 1.29 is 24.5 Å². The molecule has 10 nitrogen and oxygen atoms in total. The summed E-state index contributed by atoms with van der Waals surface area (Å²) < 4.78 is 5.19. The van der Waals surface area contributed by atoms with E-state index in [1.54, 1.807) is 0 Å². The zero-order chi connectivity index (χ0) is 15.3. The van der Waals surface area contributed by atoms with Crippen LogP contribution in [0.5, 0.6) is 0 Å². The van der Waals surface area contributed by atoms with Gasteiger partial charge in [-0.15, -0.1) is 0 Å². The predicted octanol–water partition coefficient (Wildman–Crippen LogP) is -1.62. The van der Waals surface area contributed by atoms with E-state index < -0.39 is 42.4 Å². The first-order valence-electron chi connectivity index (χ1n) is 5.93. The third-order valence-electron chi connectivity index (χ3n) is 2.82. The molecule has 0 aliphatic carbocycles. The number of amides is 2. The smallest absolute Gasteiger partial charge is 0.217 e. The fourth-order valence-corrected chi connectivity index (χ4v) is 2.04. The monoisotopic (exact) mass is 287 g/mol. The highest BCUT2D eigenvalue weighted by molar-refractivity contribution is 5.74. The van der Waals surface area contributed by atoms with Crippen molar-refractivity contribution in [3.05, 3.63) is 10.4 Å². The molecular formula is C10H17N5O5. The lowest BCUT2D eigenvalue weighted by molar-refractivity contribution is -0.216. The van der Waals surface area contributed by atoms with Gasteiger partial charge in [-0.3, -0.25) is 9.59 Å². The summed E-state index contributed by atoms with van der Waals surface area (Å²) in [7, 11) is 0. The molecule has 2 amide bonds. The number of ether oxygens (including phenoxy) is 1. The molecule has 4 N–H and O–H groups in total. The van der Waals surface area contributed by atoms with Gasteiger partial charge >= 0.3 is 0 Å². The van der Waals surface area contributed by atoms with Crippen molar-refractivity contribution in [1.82, 2.24) is 10.6 Å². The van der Waals surface area contributed by atoms with E-state index in [0.29, 0.717) is 0 Å². The number of carbonyl (C=O) groups is 2. The van der Waals surface area contributed by atoms with Crippen LogP contribution in [0.3, 0.4) is 0 Å². The average molecular weight is 287 g/mol. The summed E-state index contributed by atoms with van der Waals surface area (Å²) in [5, 5.41) is 28.0. The molecule has 1 saturated heterocycles. The molecule has 112 valence electrons. The van der Waals surface area contributed by atoms with Crippen molar-refractivity contribution in [2.45, 2.75) is 44.4 Å². The Hall–Kier alpha value is -1.87. The van der Waals surface area contributed by atoms with Gasteiger partial charge in [0.05, 0.1) is 18.7 Å². The summed E-state index contributed by atoms with van der Waals surface area (Å²) in [6, 6.07) is -2.01. The van der Waals surface area contributed by atoms with Gasteiger partial charge in [-0.25, -0.2) is 0 Å². The van der Waals surface area contributed by atoms with Crippen LogP contribution < -0.4 is 10.6 Å². The summed E-state index contributed by atoms with van der Waals surface area (Å²) in [4.78, 5) is 24.8. The lowest BCUT2D eigenvalue weighted by Crippen LogP contribution is -2.68. The highest BCUT2D eigenvalue weighted by Crippen LogP contribution is 2.20. The normalized spacial score (nSPS) is 32.9. The van der Waals surface area contributed by atoms with Gasteiger partial charge in [0.2, 0.25) is 11.8 Å². The SMILES string of the molecule is CC(=O)N[C@H]1C(O)OC(CN=[N+]=[N-])[C@H](NC(C)=O)[C@@H]1O. The molecule has 0 aromatic carbocycles. The van der Waals surface area contributed by atoms with Gasteiger partial charge in [-0.2, -0.15) is 0 Å². The lowest BCUT2D eigenvalue weighted by Gasteiger charge is -2.42. The van der Waals surface area contributed by atoms with Gasteiger partial charge in [-0.1, -0.05) is 5.11 Å². The maximum Gasteiger partial charge on any atom is 0.217 e. The van der Waals surface area contributed by atoms with Crippen LogP contribution in [0.25, 0.3) is 10.4 Å². The standard InChI is InChI=1S/C10H17N5O5/c1-4(16)13-7-6(3-12-15-11)20-10(19)8(9(7)18)14-5(2)17/h6-10,18-19H,3H2,1-2H3,(H,13,16)(H,14,17)/t6?,7-,8+,9-,10?/m0/s1. The van der Waals surface area contributed by atoms with E-state index in [0.717, 1.165) is 0 Å². The molecule has 1 fully saturated rings. The van der Waals surface area contributed by atoms with Gasteiger partial charge in [-0.05, 0) is 5.53 Å². The largest absolute Gasteiger partial charge is 0.389 e. The highest BCUT2D eigenvalue weighted by Gasteiger charge is 2.45.